The zero-order valence-corrected chi connectivity index (χ0v) is 12.3. The maximum atomic E-state index is 11.7. The smallest absolute Gasteiger partial charge is 0.338 e. The van der Waals surface area contributed by atoms with Gasteiger partial charge in [-0.3, -0.25) is 0 Å². The molecule has 0 N–H and O–H groups in total. The highest BCUT2D eigenvalue weighted by molar-refractivity contribution is 5.89. The topological polar surface area (TPSA) is 80.8 Å². The van der Waals surface area contributed by atoms with Crippen molar-refractivity contribution in [3.8, 4) is 11.8 Å². The van der Waals surface area contributed by atoms with Gasteiger partial charge in [0.2, 0.25) is 0 Å². The number of ether oxygens (including phenoxy) is 1. The summed E-state index contributed by atoms with van der Waals surface area (Å²) >= 11 is 0. The maximum Gasteiger partial charge on any atom is 0.338 e. The van der Waals surface area contributed by atoms with Crippen molar-refractivity contribution in [2.75, 3.05) is 6.61 Å². The Bertz CT molecular complexity index is 724. The average molecular weight is 296 g/mol. The molecular weight excluding hydrogens is 280 g/mol. The zero-order valence-electron chi connectivity index (χ0n) is 12.3. The maximum absolute atomic E-state index is 11.7. The number of hydrogen-bond acceptors (Lipinski definition) is 5. The molecule has 1 aromatic carbocycles. The Labute approximate surface area is 128 Å². The van der Waals surface area contributed by atoms with Gasteiger partial charge in [-0.25, -0.2) is 9.48 Å². The number of benzene rings is 1. The average Bonchev–Trinajstić information content (AvgIpc) is 2.89. The number of aromatic nitrogens is 3. The van der Waals surface area contributed by atoms with Crippen LogP contribution in [0.15, 0.2) is 24.3 Å². The fourth-order valence-electron chi connectivity index (χ4n) is 2.56. The summed E-state index contributed by atoms with van der Waals surface area (Å²) < 4.78 is 6.67. The van der Waals surface area contributed by atoms with Crippen LogP contribution in [0.5, 0.6) is 0 Å². The summed E-state index contributed by atoms with van der Waals surface area (Å²) in [6.07, 6.45) is 3.29. The standard InChI is InChI=1S/C16H16N4O2/c1-2-22-16(21)12-6-8-13(9-7-12)20-15(11-4-3-5-11)14(10-17)18-19-20/h6-9,11H,2-5H2,1H3. The van der Waals surface area contributed by atoms with Crippen molar-refractivity contribution in [2.24, 2.45) is 0 Å². The summed E-state index contributed by atoms with van der Waals surface area (Å²) in [7, 11) is 0. The number of nitriles is 1. The summed E-state index contributed by atoms with van der Waals surface area (Å²) in [5.41, 5.74) is 2.55. The Morgan fingerprint density at radius 2 is 2.14 bits per heavy atom. The van der Waals surface area contributed by atoms with Gasteiger partial charge in [-0.15, -0.1) is 5.10 Å². The third-order valence-corrected chi connectivity index (χ3v) is 3.93. The van der Waals surface area contributed by atoms with Gasteiger partial charge >= 0.3 is 5.97 Å². The quantitative estimate of drug-likeness (QED) is 0.810. The van der Waals surface area contributed by atoms with E-state index in [1.54, 1.807) is 35.9 Å². The van der Waals surface area contributed by atoms with Crippen LogP contribution < -0.4 is 0 Å². The molecule has 1 aliphatic carbocycles. The van der Waals surface area contributed by atoms with Gasteiger partial charge in [0.1, 0.15) is 6.07 Å². The van der Waals surface area contributed by atoms with Gasteiger partial charge < -0.3 is 4.74 Å². The van der Waals surface area contributed by atoms with Gasteiger partial charge in [0.05, 0.1) is 23.6 Å². The van der Waals surface area contributed by atoms with Crippen LogP contribution in [0, 0.1) is 11.3 Å². The molecule has 3 rings (SSSR count). The van der Waals surface area contributed by atoms with Crippen molar-refractivity contribution in [3.05, 3.63) is 41.2 Å². The Hall–Kier alpha value is -2.68. The van der Waals surface area contributed by atoms with E-state index in [9.17, 15) is 10.1 Å². The predicted octanol–water partition coefficient (Wildman–Crippen LogP) is 2.58. The molecular formula is C16H16N4O2. The van der Waals surface area contributed by atoms with E-state index < -0.39 is 0 Å². The van der Waals surface area contributed by atoms with Crippen LogP contribution in [-0.4, -0.2) is 27.6 Å². The predicted molar refractivity (Wildman–Crippen MR) is 78.6 cm³/mol. The lowest BCUT2D eigenvalue weighted by atomic mass is 9.82. The van der Waals surface area contributed by atoms with Gasteiger partial charge in [-0.05, 0) is 44.0 Å². The van der Waals surface area contributed by atoms with E-state index in [-0.39, 0.29) is 5.97 Å². The van der Waals surface area contributed by atoms with E-state index in [0.29, 0.717) is 23.8 Å². The normalized spacial score (nSPS) is 14.2. The molecule has 0 atom stereocenters. The second-order valence-corrected chi connectivity index (χ2v) is 5.24. The SMILES string of the molecule is CCOC(=O)c1ccc(-n2nnc(C#N)c2C2CCC2)cc1. The van der Waals surface area contributed by atoms with E-state index in [0.717, 1.165) is 24.2 Å². The molecule has 0 spiro atoms. The van der Waals surface area contributed by atoms with E-state index in [2.05, 4.69) is 16.4 Å². The molecule has 1 saturated carbocycles. The molecule has 0 saturated heterocycles. The molecule has 6 nitrogen and oxygen atoms in total. The van der Waals surface area contributed by atoms with Crippen molar-refractivity contribution in [3.63, 3.8) is 0 Å². The van der Waals surface area contributed by atoms with Crippen LogP contribution in [0.25, 0.3) is 5.69 Å². The van der Waals surface area contributed by atoms with E-state index >= 15 is 0 Å². The van der Waals surface area contributed by atoms with Crippen molar-refractivity contribution in [1.29, 1.82) is 5.26 Å². The molecule has 0 radical (unpaired) electrons. The highest BCUT2D eigenvalue weighted by Gasteiger charge is 2.28. The summed E-state index contributed by atoms with van der Waals surface area (Å²) in [6, 6.07) is 9.10. The van der Waals surface area contributed by atoms with E-state index in [1.165, 1.54) is 6.42 Å². The molecule has 1 heterocycles. The second-order valence-electron chi connectivity index (χ2n) is 5.24. The van der Waals surface area contributed by atoms with Crippen molar-refractivity contribution in [1.82, 2.24) is 15.0 Å². The number of carbonyl (C=O) groups excluding carboxylic acids is 1. The molecule has 1 fully saturated rings. The first-order valence-electron chi connectivity index (χ1n) is 7.37. The first-order chi connectivity index (χ1) is 10.7. The summed E-state index contributed by atoms with van der Waals surface area (Å²) in [4.78, 5) is 11.7. The molecule has 1 aliphatic rings. The Morgan fingerprint density at radius 3 is 2.68 bits per heavy atom. The van der Waals surface area contributed by atoms with Crippen LogP contribution in [0.3, 0.4) is 0 Å². The lowest BCUT2D eigenvalue weighted by molar-refractivity contribution is 0.0526. The fourth-order valence-corrected chi connectivity index (χ4v) is 2.56. The van der Waals surface area contributed by atoms with E-state index in [1.807, 2.05) is 0 Å². The molecule has 6 heteroatoms. The highest BCUT2D eigenvalue weighted by atomic mass is 16.5. The molecule has 0 unspecified atom stereocenters. The third-order valence-electron chi connectivity index (χ3n) is 3.93. The number of hydrogen-bond donors (Lipinski definition) is 0. The summed E-state index contributed by atoms with van der Waals surface area (Å²) in [5, 5.41) is 17.3. The summed E-state index contributed by atoms with van der Waals surface area (Å²) in [6.45, 7) is 2.12. The minimum absolute atomic E-state index is 0.342. The van der Waals surface area contributed by atoms with Crippen LogP contribution in [0.2, 0.25) is 0 Å². The largest absolute Gasteiger partial charge is 0.462 e. The lowest BCUT2D eigenvalue weighted by Crippen LogP contribution is -2.15. The van der Waals surface area contributed by atoms with Crippen molar-refractivity contribution in [2.45, 2.75) is 32.1 Å². The van der Waals surface area contributed by atoms with Crippen LogP contribution in [-0.2, 0) is 4.74 Å². The van der Waals surface area contributed by atoms with Gasteiger partial charge in [0.15, 0.2) is 5.69 Å². The minimum atomic E-state index is -0.343. The number of nitrogens with zero attached hydrogens (tertiary/aromatic N) is 4. The first kappa shape index (κ1) is 14.3. The fraction of sp³-hybridized carbons (Fsp3) is 0.375. The zero-order chi connectivity index (χ0) is 15.5. The van der Waals surface area contributed by atoms with Crippen molar-refractivity contribution >= 4 is 5.97 Å². The van der Waals surface area contributed by atoms with E-state index in [4.69, 9.17) is 4.74 Å². The molecule has 1 aromatic heterocycles. The van der Waals surface area contributed by atoms with Crippen LogP contribution in [0.1, 0.15) is 53.8 Å². The lowest BCUT2D eigenvalue weighted by Gasteiger charge is -2.25. The molecule has 22 heavy (non-hydrogen) atoms. The van der Waals surface area contributed by atoms with Crippen molar-refractivity contribution < 1.29 is 9.53 Å². The summed E-state index contributed by atoms with van der Waals surface area (Å²) in [5.74, 6) is -0.000969. The van der Waals surface area contributed by atoms with Crippen LogP contribution in [0.4, 0.5) is 0 Å². The van der Waals surface area contributed by atoms with Gasteiger partial charge in [0.25, 0.3) is 0 Å². The van der Waals surface area contributed by atoms with Gasteiger partial charge in [-0.2, -0.15) is 5.26 Å². The molecule has 2 aromatic rings. The molecule has 0 amide bonds. The monoisotopic (exact) mass is 296 g/mol. The number of esters is 1. The third kappa shape index (κ3) is 2.46. The minimum Gasteiger partial charge on any atom is -0.462 e. The Kier molecular flexibility index (Phi) is 3.88. The Morgan fingerprint density at radius 1 is 1.41 bits per heavy atom. The molecule has 0 bridgehead atoms. The number of carbonyl (C=O) groups is 1. The van der Waals surface area contributed by atoms with Crippen LogP contribution >= 0.6 is 0 Å². The van der Waals surface area contributed by atoms with Gasteiger partial charge in [-0.1, -0.05) is 11.6 Å². The molecule has 0 aliphatic heterocycles. The first-order valence-corrected chi connectivity index (χ1v) is 7.37. The second kappa shape index (κ2) is 5.98. The Balaban J connectivity index is 1.93. The number of rotatable bonds is 4. The highest BCUT2D eigenvalue weighted by Crippen LogP contribution is 2.38. The molecule has 112 valence electrons. The van der Waals surface area contributed by atoms with Gasteiger partial charge in [0, 0.05) is 5.92 Å².